The highest BCUT2D eigenvalue weighted by molar-refractivity contribution is 7.98. The molecule has 0 saturated carbocycles. The van der Waals surface area contributed by atoms with Crippen molar-refractivity contribution < 1.29 is 0 Å². The van der Waals surface area contributed by atoms with Gasteiger partial charge in [-0.25, -0.2) is 0 Å². The molecule has 0 amide bonds. The van der Waals surface area contributed by atoms with Gasteiger partial charge >= 0.3 is 0 Å². The fraction of sp³-hybridized carbons (Fsp3) is 0.111. The van der Waals surface area contributed by atoms with E-state index in [9.17, 15) is 0 Å². The van der Waals surface area contributed by atoms with Crippen LogP contribution in [0.3, 0.4) is 0 Å². The maximum atomic E-state index is 4.16. The molecule has 13 heavy (non-hydrogen) atoms. The molecule has 1 aliphatic heterocycles. The Morgan fingerprint density at radius 1 is 1.38 bits per heavy atom. The van der Waals surface area contributed by atoms with Crippen LogP contribution in [0, 0.1) is 0 Å². The van der Waals surface area contributed by atoms with Crippen LogP contribution in [-0.4, -0.2) is 0 Å². The maximum absolute atomic E-state index is 4.16. The van der Waals surface area contributed by atoms with Crippen molar-refractivity contribution in [3.8, 4) is 0 Å². The van der Waals surface area contributed by atoms with Crippen molar-refractivity contribution >= 4 is 28.9 Å². The van der Waals surface area contributed by atoms with Gasteiger partial charge in [-0.05, 0) is 23.9 Å². The number of thiophene rings is 1. The molecule has 0 radical (unpaired) electrons. The van der Waals surface area contributed by atoms with Crippen molar-refractivity contribution in [3.63, 3.8) is 0 Å². The first-order valence-corrected chi connectivity index (χ1v) is 5.66. The second-order valence-electron chi connectivity index (χ2n) is 2.86. The third kappa shape index (κ3) is 1.09. The highest BCUT2D eigenvalue weighted by Crippen LogP contribution is 2.42. The van der Waals surface area contributed by atoms with Crippen LogP contribution in [0.1, 0.15) is 11.3 Å². The van der Waals surface area contributed by atoms with Crippen LogP contribution in [0.25, 0.3) is 5.57 Å². The van der Waals surface area contributed by atoms with E-state index in [-0.39, 0.29) is 0 Å². The van der Waals surface area contributed by atoms with E-state index in [2.05, 4.69) is 27.2 Å². The summed E-state index contributed by atoms with van der Waals surface area (Å²) in [6.45, 7) is 0. The van der Waals surface area contributed by atoms with Gasteiger partial charge in [0.05, 0.1) is 10.6 Å². The van der Waals surface area contributed by atoms with Gasteiger partial charge in [-0.1, -0.05) is 6.08 Å². The predicted molar refractivity (Wildman–Crippen MR) is 55.7 cm³/mol. The number of hydrogen-bond donors (Lipinski definition) is 0. The first kappa shape index (κ1) is 7.53. The molecule has 4 heteroatoms. The number of rotatable bonds is 0. The van der Waals surface area contributed by atoms with Gasteiger partial charge in [-0.3, -0.25) is 0 Å². The number of hydrogen-bond acceptors (Lipinski definition) is 4. The highest BCUT2D eigenvalue weighted by Gasteiger charge is 2.18. The largest absolute Gasteiger partial charge is 0.143 e. The minimum atomic E-state index is 1.00. The minimum absolute atomic E-state index is 1.00. The molecule has 1 aliphatic carbocycles. The molecule has 0 aromatic carbocycles. The first-order chi connectivity index (χ1) is 6.45. The normalized spacial score (nSPS) is 18.8. The van der Waals surface area contributed by atoms with Crippen molar-refractivity contribution in [1.29, 1.82) is 0 Å². The second-order valence-corrected chi connectivity index (χ2v) is 4.56. The molecule has 0 bridgehead atoms. The van der Waals surface area contributed by atoms with Gasteiger partial charge in [0.15, 0.2) is 0 Å². The van der Waals surface area contributed by atoms with Crippen LogP contribution in [0.5, 0.6) is 0 Å². The first-order valence-electron chi connectivity index (χ1n) is 4.01. The minimum Gasteiger partial charge on any atom is -0.143 e. The van der Waals surface area contributed by atoms with Crippen LogP contribution in [-0.2, 0) is 0 Å². The molecule has 0 spiro atoms. The number of fused-ring (bicyclic) bond motifs is 2. The molecule has 2 nitrogen and oxygen atoms in total. The van der Waals surface area contributed by atoms with Gasteiger partial charge in [-0.2, -0.15) is 0 Å². The second kappa shape index (κ2) is 2.82. The lowest BCUT2D eigenvalue weighted by atomic mass is 10.2. The lowest BCUT2D eigenvalue weighted by Crippen LogP contribution is -1.78. The topological polar surface area (TPSA) is 24.7 Å². The third-order valence-electron chi connectivity index (χ3n) is 2.10. The van der Waals surface area contributed by atoms with E-state index in [1.54, 1.807) is 11.3 Å². The van der Waals surface area contributed by atoms with Gasteiger partial charge in [0, 0.05) is 22.4 Å². The molecule has 0 unspecified atom stereocenters. The standard InChI is InChI=1S/C9H6N2S2/c1-2-6-7(3-1)10-11-13-8-4-5-12-9(6)8/h1,3-5H,2H2. The zero-order valence-corrected chi connectivity index (χ0v) is 8.36. The zero-order valence-electron chi connectivity index (χ0n) is 6.73. The van der Waals surface area contributed by atoms with Crippen molar-refractivity contribution in [2.45, 2.75) is 11.3 Å². The third-order valence-corrected chi connectivity index (χ3v) is 3.90. The molecule has 0 N–H and O–H groups in total. The fourth-order valence-electron chi connectivity index (χ4n) is 1.49. The van der Waals surface area contributed by atoms with Crippen molar-refractivity contribution in [2.24, 2.45) is 9.63 Å². The molecular formula is C9H6N2S2. The Morgan fingerprint density at radius 3 is 3.38 bits per heavy atom. The summed E-state index contributed by atoms with van der Waals surface area (Å²) in [4.78, 5) is 2.58. The highest BCUT2D eigenvalue weighted by atomic mass is 32.2. The Kier molecular flexibility index (Phi) is 1.63. The lowest BCUT2D eigenvalue weighted by molar-refractivity contribution is 1.27. The summed E-state index contributed by atoms with van der Waals surface area (Å²) in [5.41, 5.74) is 2.37. The molecule has 64 valence electrons. The van der Waals surface area contributed by atoms with Gasteiger partial charge in [0.25, 0.3) is 0 Å². The van der Waals surface area contributed by atoms with E-state index < -0.39 is 0 Å². The Morgan fingerprint density at radius 2 is 2.38 bits per heavy atom. The molecule has 0 atom stereocenters. The average Bonchev–Trinajstić information content (AvgIpc) is 2.72. The van der Waals surface area contributed by atoms with Gasteiger partial charge in [-0.15, -0.1) is 21.0 Å². The zero-order chi connectivity index (χ0) is 8.67. The molecular weight excluding hydrogens is 200 g/mol. The van der Waals surface area contributed by atoms with E-state index in [4.69, 9.17) is 0 Å². The van der Waals surface area contributed by atoms with E-state index in [0.717, 1.165) is 12.1 Å². The van der Waals surface area contributed by atoms with Gasteiger partial charge in [0.2, 0.25) is 0 Å². The van der Waals surface area contributed by atoms with E-state index in [1.807, 2.05) is 6.08 Å². The smallest absolute Gasteiger partial charge is 0.0910 e. The molecule has 3 rings (SSSR count). The maximum Gasteiger partial charge on any atom is 0.0910 e. The van der Waals surface area contributed by atoms with Gasteiger partial charge < -0.3 is 0 Å². The number of nitrogens with zero attached hydrogens (tertiary/aromatic N) is 2. The quantitative estimate of drug-likeness (QED) is 0.591. The van der Waals surface area contributed by atoms with Crippen LogP contribution >= 0.6 is 23.3 Å². The van der Waals surface area contributed by atoms with Crippen LogP contribution < -0.4 is 0 Å². The fourth-order valence-corrected chi connectivity index (χ4v) is 3.24. The predicted octanol–water partition coefficient (Wildman–Crippen LogP) is 3.89. The summed E-state index contributed by atoms with van der Waals surface area (Å²) in [5.74, 6) is 0. The van der Waals surface area contributed by atoms with Crippen molar-refractivity contribution in [3.05, 3.63) is 34.2 Å². The molecule has 1 aromatic heterocycles. The van der Waals surface area contributed by atoms with Crippen LogP contribution in [0.15, 0.2) is 43.8 Å². The lowest BCUT2D eigenvalue weighted by Gasteiger charge is -1.98. The molecule has 0 saturated heterocycles. The SMILES string of the molecule is C1=CC2=C(C1)c1sccc1SN=N2. The summed E-state index contributed by atoms with van der Waals surface area (Å²) >= 11 is 3.24. The Bertz CT molecular complexity index is 440. The molecule has 0 fully saturated rings. The van der Waals surface area contributed by atoms with Crippen molar-refractivity contribution in [2.75, 3.05) is 0 Å². The van der Waals surface area contributed by atoms with Gasteiger partial charge in [0.1, 0.15) is 0 Å². The molecule has 1 aromatic rings. The Hall–Kier alpha value is -0.870. The molecule has 2 aliphatic rings. The summed E-state index contributed by atoms with van der Waals surface area (Å²) in [5, 5.41) is 6.27. The average molecular weight is 206 g/mol. The Balaban J connectivity index is 2.24. The van der Waals surface area contributed by atoms with E-state index >= 15 is 0 Å². The summed E-state index contributed by atoms with van der Waals surface area (Å²) in [7, 11) is 0. The van der Waals surface area contributed by atoms with Crippen LogP contribution in [0.4, 0.5) is 0 Å². The van der Waals surface area contributed by atoms with Crippen LogP contribution in [0.2, 0.25) is 0 Å². The van der Waals surface area contributed by atoms with Crippen molar-refractivity contribution in [1.82, 2.24) is 0 Å². The number of allylic oxidation sites excluding steroid dienone is 3. The summed E-state index contributed by atoms with van der Waals surface area (Å²) in [6, 6.07) is 2.11. The monoisotopic (exact) mass is 206 g/mol. The summed E-state index contributed by atoms with van der Waals surface area (Å²) in [6.07, 6.45) is 5.19. The van der Waals surface area contributed by atoms with E-state index in [0.29, 0.717) is 0 Å². The van der Waals surface area contributed by atoms with E-state index in [1.165, 1.54) is 27.3 Å². The summed E-state index contributed by atoms with van der Waals surface area (Å²) < 4.78 is 4.07. The molecule has 2 heterocycles. The Labute approximate surface area is 84.2 Å².